The lowest BCUT2D eigenvalue weighted by Crippen LogP contribution is -2.40. The highest BCUT2D eigenvalue weighted by Crippen LogP contribution is 2.18. The van der Waals surface area contributed by atoms with Gasteiger partial charge in [-0.1, -0.05) is 54.2 Å². The molecule has 4 heteroatoms. The van der Waals surface area contributed by atoms with Crippen LogP contribution in [0.2, 0.25) is 0 Å². The number of morpholine rings is 1. The van der Waals surface area contributed by atoms with Crippen LogP contribution in [-0.4, -0.2) is 36.2 Å². The highest BCUT2D eigenvalue weighted by atomic mass is 32.1. The van der Waals surface area contributed by atoms with Gasteiger partial charge in [-0.05, 0) is 24.6 Å². The van der Waals surface area contributed by atoms with Crippen molar-refractivity contribution in [2.45, 2.75) is 13.5 Å². The third-order valence-electron chi connectivity index (χ3n) is 3.91. The molecule has 2 aromatic rings. The molecular formula is C19H21NO2S. The molecule has 1 heterocycles. The van der Waals surface area contributed by atoms with E-state index in [9.17, 15) is 0 Å². The zero-order chi connectivity index (χ0) is 16.1. The molecule has 0 aliphatic carbocycles. The summed E-state index contributed by atoms with van der Waals surface area (Å²) in [5.41, 5.74) is 3.45. The SMILES string of the molecule is Cc1ccc(COc2cccc(C(=S)N3CCOCC3)c2)cc1. The van der Waals surface area contributed by atoms with Gasteiger partial charge in [-0.15, -0.1) is 0 Å². The minimum Gasteiger partial charge on any atom is -0.489 e. The predicted molar refractivity (Wildman–Crippen MR) is 96.0 cm³/mol. The maximum absolute atomic E-state index is 5.91. The number of hydrogen-bond donors (Lipinski definition) is 0. The first-order chi connectivity index (χ1) is 11.2. The van der Waals surface area contributed by atoms with Crippen molar-refractivity contribution < 1.29 is 9.47 Å². The van der Waals surface area contributed by atoms with E-state index in [0.717, 1.165) is 48.2 Å². The van der Waals surface area contributed by atoms with Crippen LogP contribution in [0.25, 0.3) is 0 Å². The smallest absolute Gasteiger partial charge is 0.120 e. The second-order valence-corrected chi connectivity index (χ2v) is 6.09. The first-order valence-electron chi connectivity index (χ1n) is 7.88. The first kappa shape index (κ1) is 16.0. The Morgan fingerprint density at radius 1 is 1.13 bits per heavy atom. The van der Waals surface area contributed by atoms with Gasteiger partial charge in [0.1, 0.15) is 17.3 Å². The van der Waals surface area contributed by atoms with Gasteiger partial charge >= 0.3 is 0 Å². The summed E-state index contributed by atoms with van der Waals surface area (Å²) in [6.07, 6.45) is 0. The number of hydrogen-bond acceptors (Lipinski definition) is 3. The molecule has 0 amide bonds. The molecule has 0 aromatic heterocycles. The summed E-state index contributed by atoms with van der Waals surface area (Å²) in [5, 5.41) is 0. The molecule has 0 spiro atoms. The van der Waals surface area contributed by atoms with E-state index in [0.29, 0.717) is 6.61 Å². The van der Waals surface area contributed by atoms with E-state index in [1.807, 2.05) is 24.3 Å². The number of ether oxygens (including phenoxy) is 2. The molecule has 120 valence electrons. The highest BCUT2D eigenvalue weighted by Gasteiger charge is 2.15. The number of nitrogens with zero attached hydrogens (tertiary/aromatic N) is 1. The van der Waals surface area contributed by atoms with E-state index in [2.05, 4.69) is 36.1 Å². The molecule has 1 aliphatic rings. The molecule has 3 nitrogen and oxygen atoms in total. The summed E-state index contributed by atoms with van der Waals surface area (Å²) >= 11 is 5.61. The van der Waals surface area contributed by atoms with Gasteiger partial charge in [0.05, 0.1) is 13.2 Å². The van der Waals surface area contributed by atoms with Gasteiger partial charge in [0.25, 0.3) is 0 Å². The average molecular weight is 327 g/mol. The predicted octanol–water partition coefficient (Wildman–Crippen LogP) is 3.58. The van der Waals surface area contributed by atoms with Crippen molar-refractivity contribution >= 4 is 17.2 Å². The average Bonchev–Trinajstić information content (AvgIpc) is 2.61. The Kier molecular flexibility index (Phi) is 5.26. The maximum atomic E-state index is 5.91. The van der Waals surface area contributed by atoms with Crippen LogP contribution in [0.1, 0.15) is 16.7 Å². The summed E-state index contributed by atoms with van der Waals surface area (Å²) in [5.74, 6) is 0.846. The molecule has 1 fully saturated rings. The van der Waals surface area contributed by atoms with E-state index in [4.69, 9.17) is 21.7 Å². The van der Waals surface area contributed by atoms with Gasteiger partial charge < -0.3 is 14.4 Å². The molecule has 1 saturated heterocycles. The van der Waals surface area contributed by atoms with E-state index in [-0.39, 0.29) is 0 Å². The van der Waals surface area contributed by atoms with Gasteiger partial charge in [0.15, 0.2) is 0 Å². The first-order valence-corrected chi connectivity index (χ1v) is 8.28. The second kappa shape index (κ2) is 7.57. The zero-order valence-corrected chi connectivity index (χ0v) is 14.1. The van der Waals surface area contributed by atoms with E-state index in [1.165, 1.54) is 5.56 Å². The van der Waals surface area contributed by atoms with Crippen LogP contribution in [0, 0.1) is 6.92 Å². The number of rotatable bonds is 4. The quantitative estimate of drug-likeness (QED) is 0.800. The van der Waals surface area contributed by atoms with E-state index in [1.54, 1.807) is 0 Å². The fraction of sp³-hybridized carbons (Fsp3) is 0.316. The minimum absolute atomic E-state index is 0.564. The zero-order valence-electron chi connectivity index (χ0n) is 13.3. The van der Waals surface area contributed by atoms with Crippen LogP contribution in [0.15, 0.2) is 48.5 Å². The molecular weight excluding hydrogens is 306 g/mol. The Morgan fingerprint density at radius 2 is 1.87 bits per heavy atom. The van der Waals surface area contributed by atoms with Crippen LogP contribution >= 0.6 is 12.2 Å². The van der Waals surface area contributed by atoms with Crippen molar-refractivity contribution in [3.8, 4) is 5.75 Å². The number of thiocarbonyl (C=S) groups is 1. The third kappa shape index (κ3) is 4.30. The lowest BCUT2D eigenvalue weighted by atomic mass is 10.1. The van der Waals surface area contributed by atoms with Crippen molar-refractivity contribution in [1.82, 2.24) is 4.90 Å². The van der Waals surface area contributed by atoms with Crippen LogP contribution in [0.4, 0.5) is 0 Å². The molecule has 1 aliphatic heterocycles. The Labute approximate surface area is 142 Å². The largest absolute Gasteiger partial charge is 0.489 e. The third-order valence-corrected chi connectivity index (χ3v) is 4.40. The fourth-order valence-electron chi connectivity index (χ4n) is 2.52. The van der Waals surface area contributed by atoms with E-state index >= 15 is 0 Å². The van der Waals surface area contributed by atoms with Gasteiger partial charge in [0.2, 0.25) is 0 Å². The number of aryl methyl sites for hydroxylation is 1. The van der Waals surface area contributed by atoms with Gasteiger partial charge in [0, 0.05) is 18.7 Å². The van der Waals surface area contributed by atoms with Crippen LogP contribution in [-0.2, 0) is 11.3 Å². The Balaban J connectivity index is 1.64. The monoisotopic (exact) mass is 327 g/mol. The molecule has 0 atom stereocenters. The molecule has 3 rings (SSSR count). The van der Waals surface area contributed by atoms with Crippen molar-refractivity contribution in [2.24, 2.45) is 0 Å². The summed E-state index contributed by atoms with van der Waals surface area (Å²) < 4.78 is 11.3. The molecule has 2 aromatic carbocycles. The maximum Gasteiger partial charge on any atom is 0.120 e. The Morgan fingerprint density at radius 3 is 2.61 bits per heavy atom. The lowest BCUT2D eigenvalue weighted by Gasteiger charge is -2.29. The van der Waals surface area contributed by atoms with Crippen LogP contribution < -0.4 is 4.74 Å². The van der Waals surface area contributed by atoms with Crippen molar-refractivity contribution in [3.63, 3.8) is 0 Å². The highest BCUT2D eigenvalue weighted by molar-refractivity contribution is 7.80. The van der Waals surface area contributed by atoms with Crippen LogP contribution in [0.5, 0.6) is 5.75 Å². The summed E-state index contributed by atoms with van der Waals surface area (Å²) in [6.45, 7) is 5.84. The van der Waals surface area contributed by atoms with Gasteiger partial charge in [-0.3, -0.25) is 0 Å². The molecule has 0 radical (unpaired) electrons. The van der Waals surface area contributed by atoms with Crippen molar-refractivity contribution in [1.29, 1.82) is 0 Å². The second-order valence-electron chi connectivity index (χ2n) is 5.71. The molecule has 0 N–H and O–H groups in total. The molecule has 0 bridgehead atoms. The Hall–Kier alpha value is -1.91. The van der Waals surface area contributed by atoms with Crippen molar-refractivity contribution in [3.05, 3.63) is 65.2 Å². The van der Waals surface area contributed by atoms with E-state index < -0.39 is 0 Å². The molecule has 23 heavy (non-hydrogen) atoms. The molecule has 0 saturated carbocycles. The summed E-state index contributed by atoms with van der Waals surface area (Å²) in [4.78, 5) is 3.06. The summed E-state index contributed by atoms with van der Waals surface area (Å²) in [6, 6.07) is 16.4. The number of benzene rings is 2. The summed E-state index contributed by atoms with van der Waals surface area (Å²) in [7, 11) is 0. The molecule has 0 unspecified atom stereocenters. The standard InChI is InChI=1S/C19H21NO2S/c1-15-5-7-16(8-6-15)14-22-18-4-2-3-17(13-18)19(23)20-9-11-21-12-10-20/h2-8,13H,9-12,14H2,1H3. The topological polar surface area (TPSA) is 21.7 Å². The fourth-order valence-corrected chi connectivity index (χ4v) is 2.83. The van der Waals surface area contributed by atoms with Gasteiger partial charge in [-0.2, -0.15) is 0 Å². The normalized spacial score (nSPS) is 14.6. The lowest BCUT2D eigenvalue weighted by molar-refractivity contribution is 0.0693. The minimum atomic E-state index is 0.564. The van der Waals surface area contributed by atoms with Crippen molar-refractivity contribution in [2.75, 3.05) is 26.3 Å². The Bertz CT molecular complexity index is 663. The van der Waals surface area contributed by atoms with Crippen LogP contribution in [0.3, 0.4) is 0 Å². The van der Waals surface area contributed by atoms with Gasteiger partial charge in [-0.25, -0.2) is 0 Å².